The summed E-state index contributed by atoms with van der Waals surface area (Å²) in [6, 6.07) is 7.76. The summed E-state index contributed by atoms with van der Waals surface area (Å²) in [7, 11) is 1.25. The summed E-state index contributed by atoms with van der Waals surface area (Å²) in [5.74, 6) is -1.32. The van der Waals surface area contributed by atoms with Crippen LogP contribution >= 0.6 is 0 Å². The lowest BCUT2D eigenvalue weighted by Gasteiger charge is -2.17. The van der Waals surface area contributed by atoms with Crippen LogP contribution in [0, 0.1) is 11.3 Å². The van der Waals surface area contributed by atoms with E-state index in [1.165, 1.54) is 14.0 Å². The highest BCUT2D eigenvalue weighted by atomic mass is 16.5. The molecule has 0 heterocycles. The predicted octanol–water partition coefficient (Wildman–Crippen LogP) is 2.00. The molecule has 0 unspecified atom stereocenters. The molecule has 1 atom stereocenters. The molecule has 0 spiro atoms. The zero-order chi connectivity index (χ0) is 17.9. The molecule has 1 aromatic carbocycles. The molecule has 0 saturated carbocycles. The molecule has 7 heteroatoms. The van der Waals surface area contributed by atoms with Crippen LogP contribution in [0.1, 0.15) is 43.0 Å². The first-order valence-corrected chi connectivity index (χ1v) is 7.61. The van der Waals surface area contributed by atoms with Crippen LogP contribution in [0.15, 0.2) is 24.3 Å². The number of methoxy groups -OCH3 is 1. The van der Waals surface area contributed by atoms with Gasteiger partial charge >= 0.3 is 5.97 Å². The third-order valence-corrected chi connectivity index (χ3v) is 3.30. The van der Waals surface area contributed by atoms with Crippen molar-refractivity contribution >= 4 is 23.5 Å². The fraction of sp³-hybridized carbons (Fsp3) is 0.412. The lowest BCUT2D eigenvalue weighted by Crippen LogP contribution is -2.41. The zero-order valence-corrected chi connectivity index (χ0v) is 13.8. The van der Waals surface area contributed by atoms with Crippen LogP contribution in [0.2, 0.25) is 0 Å². The van der Waals surface area contributed by atoms with E-state index in [4.69, 9.17) is 10.00 Å². The van der Waals surface area contributed by atoms with Crippen LogP contribution in [0.4, 0.5) is 5.69 Å². The Kier molecular flexibility index (Phi) is 7.99. The number of hydrogen-bond donors (Lipinski definition) is 2. The molecule has 24 heavy (non-hydrogen) atoms. The SMILES string of the molecule is COC(=O)[C@H](CCCCC#N)NC(=O)c1ccccc1NC(C)=O. The van der Waals surface area contributed by atoms with Gasteiger partial charge in [-0.2, -0.15) is 5.26 Å². The second-order valence-electron chi connectivity index (χ2n) is 5.18. The number of nitrogens with zero attached hydrogens (tertiary/aromatic N) is 1. The van der Waals surface area contributed by atoms with Gasteiger partial charge in [0.15, 0.2) is 0 Å². The van der Waals surface area contributed by atoms with Gasteiger partial charge in [-0.05, 0) is 31.4 Å². The summed E-state index contributed by atoms with van der Waals surface area (Å²) in [6.07, 6.45) is 2.03. The van der Waals surface area contributed by atoms with Gasteiger partial charge in [-0.3, -0.25) is 9.59 Å². The van der Waals surface area contributed by atoms with E-state index in [9.17, 15) is 14.4 Å². The van der Waals surface area contributed by atoms with Crippen molar-refractivity contribution in [2.24, 2.45) is 0 Å². The fourth-order valence-electron chi connectivity index (χ4n) is 2.16. The van der Waals surface area contributed by atoms with Crippen molar-refractivity contribution in [2.75, 3.05) is 12.4 Å². The minimum Gasteiger partial charge on any atom is -0.467 e. The smallest absolute Gasteiger partial charge is 0.328 e. The number of carbonyl (C=O) groups excluding carboxylic acids is 3. The molecule has 0 aliphatic rings. The van der Waals surface area contributed by atoms with Crippen LogP contribution < -0.4 is 10.6 Å². The molecule has 0 radical (unpaired) electrons. The van der Waals surface area contributed by atoms with E-state index in [0.717, 1.165) is 0 Å². The number of unbranched alkanes of at least 4 members (excludes halogenated alkanes) is 2. The van der Waals surface area contributed by atoms with Crippen molar-refractivity contribution in [3.63, 3.8) is 0 Å². The fourth-order valence-corrected chi connectivity index (χ4v) is 2.16. The van der Waals surface area contributed by atoms with Gasteiger partial charge < -0.3 is 15.4 Å². The number of amides is 2. The largest absolute Gasteiger partial charge is 0.467 e. The molecule has 2 N–H and O–H groups in total. The lowest BCUT2D eigenvalue weighted by atomic mass is 10.1. The Balaban J connectivity index is 2.82. The molecule has 0 aliphatic carbocycles. The monoisotopic (exact) mass is 331 g/mol. The summed E-state index contributed by atoms with van der Waals surface area (Å²) in [5, 5.41) is 13.7. The van der Waals surface area contributed by atoms with Gasteiger partial charge in [0, 0.05) is 13.3 Å². The predicted molar refractivity (Wildman–Crippen MR) is 88.1 cm³/mol. The van der Waals surface area contributed by atoms with E-state index in [0.29, 0.717) is 31.4 Å². The first-order chi connectivity index (χ1) is 11.5. The topological polar surface area (TPSA) is 108 Å². The second kappa shape index (κ2) is 10.0. The van der Waals surface area contributed by atoms with Crippen molar-refractivity contribution in [3.05, 3.63) is 29.8 Å². The minimum absolute atomic E-state index is 0.263. The zero-order valence-electron chi connectivity index (χ0n) is 13.8. The third-order valence-electron chi connectivity index (χ3n) is 3.30. The number of esters is 1. The summed E-state index contributed by atoms with van der Waals surface area (Å²) < 4.78 is 4.71. The Morgan fingerprint density at radius 1 is 1.25 bits per heavy atom. The molecule has 7 nitrogen and oxygen atoms in total. The maximum Gasteiger partial charge on any atom is 0.328 e. The summed E-state index contributed by atoms with van der Waals surface area (Å²) >= 11 is 0. The Labute approximate surface area is 141 Å². The molecular weight excluding hydrogens is 310 g/mol. The summed E-state index contributed by atoms with van der Waals surface area (Å²) in [5.41, 5.74) is 0.634. The Morgan fingerprint density at radius 3 is 2.58 bits per heavy atom. The molecule has 128 valence electrons. The molecule has 0 fully saturated rings. The molecular formula is C17H21N3O4. The van der Waals surface area contributed by atoms with Crippen LogP contribution in [0.3, 0.4) is 0 Å². The molecule has 1 aromatic rings. The normalized spacial score (nSPS) is 11.0. The van der Waals surface area contributed by atoms with E-state index in [1.54, 1.807) is 24.3 Å². The summed E-state index contributed by atoms with van der Waals surface area (Å²) in [4.78, 5) is 35.5. The Morgan fingerprint density at radius 2 is 1.96 bits per heavy atom. The van der Waals surface area contributed by atoms with Gasteiger partial charge in [0.25, 0.3) is 5.91 Å². The van der Waals surface area contributed by atoms with Gasteiger partial charge in [-0.15, -0.1) is 0 Å². The van der Waals surface area contributed by atoms with Crippen molar-refractivity contribution in [2.45, 2.75) is 38.6 Å². The van der Waals surface area contributed by atoms with E-state index in [-0.39, 0.29) is 11.5 Å². The maximum atomic E-state index is 12.4. The summed E-state index contributed by atoms with van der Waals surface area (Å²) in [6.45, 7) is 1.35. The van der Waals surface area contributed by atoms with E-state index >= 15 is 0 Å². The van der Waals surface area contributed by atoms with Crippen molar-refractivity contribution in [3.8, 4) is 6.07 Å². The number of rotatable bonds is 8. The molecule has 0 bridgehead atoms. The highest BCUT2D eigenvalue weighted by Crippen LogP contribution is 2.16. The van der Waals surface area contributed by atoms with Crippen LogP contribution in [0.25, 0.3) is 0 Å². The van der Waals surface area contributed by atoms with Crippen LogP contribution in [0.5, 0.6) is 0 Å². The van der Waals surface area contributed by atoms with Crippen molar-refractivity contribution < 1.29 is 19.1 Å². The number of benzene rings is 1. The number of nitrogens with one attached hydrogen (secondary N) is 2. The van der Waals surface area contributed by atoms with E-state index < -0.39 is 17.9 Å². The van der Waals surface area contributed by atoms with E-state index in [2.05, 4.69) is 10.6 Å². The molecule has 2 amide bonds. The van der Waals surface area contributed by atoms with Gasteiger partial charge in [0.05, 0.1) is 24.4 Å². The number of ether oxygens (including phenoxy) is 1. The molecule has 0 aromatic heterocycles. The van der Waals surface area contributed by atoms with Crippen LogP contribution in [-0.2, 0) is 14.3 Å². The molecule has 0 aliphatic heterocycles. The van der Waals surface area contributed by atoms with Gasteiger partial charge in [-0.1, -0.05) is 12.1 Å². The first-order valence-electron chi connectivity index (χ1n) is 7.61. The average molecular weight is 331 g/mol. The maximum absolute atomic E-state index is 12.4. The second-order valence-corrected chi connectivity index (χ2v) is 5.18. The third kappa shape index (κ3) is 6.08. The number of carbonyl (C=O) groups is 3. The van der Waals surface area contributed by atoms with Gasteiger partial charge in [0.2, 0.25) is 5.91 Å². The minimum atomic E-state index is -0.799. The number of para-hydroxylation sites is 1. The molecule has 0 saturated heterocycles. The number of nitriles is 1. The highest BCUT2D eigenvalue weighted by Gasteiger charge is 2.23. The number of anilines is 1. The van der Waals surface area contributed by atoms with Crippen molar-refractivity contribution in [1.82, 2.24) is 5.32 Å². The first kappa shape index (κ1) is 19.2. The Bertz CT molecular complexity index is 637. The highest BCUT2D eigenvalue weighted by molar-refractivity contribution is 6.04. The Hall–Kier alpha value is -2.88. The van der Waals surface area contributed by atoms with Gasteiger partial charge in [0.1, 0.15) is 6.04 Å². The van der Waals surface area contributed by atoms with Crippen molar-refractivity contribution in [1.29, 1.82) is 5.26 Å². The number of hydrogen-bond acceptors (Lipinski definition) is 5. The average Bonchev–Trinajstić information content (AvgIpc) is 2.56. The standard InChI is InChI=1S/C17H21N3O4/c1-12(21)19-14-9-6-5-8-13(14)16(22)20-15(17(23)24-2)10-4-3-7-11-18/h5-6,8-9,15H,3-4,7,10H2,1-2H3,(H,19,21)(H,20,22)/t15-/m0/s1. The quantitative estimate of drug-likeness (QED) is 0.559. The van der Waals surface area contributed by atoms with Gasteiger partial charge in [-0.25, -0.2) is 4.79 Å². The molecule has 1 rings (SSSR count). The van der Waals surface area contributed by atoms with Crippen LogP contribution in [-0.4, -0.2) is 30.9 Å². The lowest BCUT2D eigenvalue weighted by molar-refractivity contribution is -0.143. The van der Waals surface area contributed by atoms with E-state index in [1.807, 2.05) is 6.07 Å².